The molecular formula is C12H15F2N3. The summed E-state index contributed by atoms with van der Waals surface area (Å²) in [4.78, 5) is 4.32. The average molecular weight is 239 g/mol. The molecule has 0 bridgehead atoms. The minimum absolute atomic E-state index is 0.446. The molecule has 0 amide bonds. The molecule has 2 rings (SSSR count). The van der Waals surface area contributed by atoms with Gasteiger partial charge in [-0.15, -0.1) is 0 Å². The van der Waals surface area contributed by atoms with Crippen LogP contribution in [0.25, 0.3) is 11.0 Å². The Kier molecular flexibility index (Phi) is 3.38. The van der Waals surface area contributed by atoms with Crippen LogP contribution < -0.4 is 5.73 Å². The molecule has 0 aliphatic rings. The van der Waals surface area contributed by atoms with Crippen LogP contribution >= 0.6 is 0 Å². The molecule has 17 heavy (non-hydrogen) atoms. The summed E-state index contributed by atoms with van der Waals surface area (Å²) in [5.41, 5.74) is 6.62. The Balaban J connectivity index is 2.62. The van der Waals surface area contributed by atoms with Gasteiger partial charge in [0.15, 0.2) is 11.6 Å². The molecule has 1 heterocycles. The number of aryl methyl sites for hydroxylation is 1. The maximum Gasteiger partial charge on any atom is 0.161 e. The fraction of sp³-hybridized carbons (Fsp3) is 0.417. The van der Waals surface area contributed by atoms with Gasteiger partial charge in [-0.05, 0) is 6.42 Å². The maximum absolute atomic E-state index is 13.2. The van der Waals surface area contributed by atoms with E-state index in [1.165, 1.54) is 6.07 Å². The van der Waals surface area contributed by atoms with Gasteiger partial charge in [0.2, 0.25) is 0 Å². The van der Waals surface area contributed by atoms with Gasteiger partial charge >= 0.3 is 0 Å². The van der Waals surface area contributed by atoms with Crippen molar-refractivity contribution in [2.45, 2.75) is 26.3 Å². The Labute approximate surface area is 98.2 Å². The topological polar surface area (TPSA) is 43.8 Å². The normalized spacial score (nSPS) is 11.3. The summed E-state index contributed by atoms with van der Waals surface area (Å²) < 4.78 is 28.2. The lowest BCUT2D eigenvalue weighted by Crippen LogP contribution is -2.12. The molecule has 1 aromatic carbocycles. The molecule has 92 valence electrons. The third-order valence-corrected chi connectivity index (χ3v) is 2.70. The van der Waals surface area contributed by atoms with Crippen LogP contribution in [0.3, 0.4) is 0 Å². The minimum Gasteiger partial charge on any atom is -0.329 e. The molecule has 3 nitrogen and oxygen atoms in total. The predicted octanol–water partition coefficient (Wildman–Crippen LogP) is 2.23. The highest BCUT2D eigenvalue weighted by atomic mass is 19.2. The van der Waals surface area contributed by atoms with Crippen LogP contribution in [0.15, 0.2) is 12.1 Å². The Morgan fingerprint density at radius 1 is 1.29 bits per heavy atom. The zero-order chi connectivity index (χ0) is 12.4. The maximum atomic E-state index is 13.2. The van der Waals surface area contributed by atoms with E-state index in [0.29, 0.717) is 24.1 Å². The number of nitrogens with two attached hydrogens (primary N) is 1. The van der Waals surface area contributed by atoms with E-state index in [-0.39, 0.29) is 0 Å². The molecule has 0 radical (unpaired) electrons. The second-order valence-corrected chi connectivity index (χ2v) is 3.97. The van der Waals surface area contributed by atoms with Gasteiger partial charge < -0.3 is 10.3 Å². The molecule has 0 saturated carbocycles. The second-order valence-electron chi connectivity index (χ2n) is 3.97. The van der Waals surface area contributed by atoms with Crippen molar-refractivity contribution in [3.63, 3.8) is 0 Å². The molecule has 0 fully saturated rings. The highest BCUT2D eigenvalue weighted by Gasteiger charge is 2.13. The minimum atomic E-state index is -0.863. The number of halogens is 2. The molecule has 0 aliphatic heterocycles. The highest BCUT2D eigenvalue weighted by molar-refractivity contribution is 5.76. The summed E-state index contributed by atoms with van der Waals surface area (Å²) in [7, 11) is 0. The van der Waals surface area contributed by atoms with E-state index >= 15 is 0 Å². The SMILES string of the molecule is CCCc1nc2cc(F)c(F)cc2n1CCN. The average Bonchev–Trinajstić information content (AvgIpc) is 2.59. The van der Waals surface area contributed by atoms with E-state index in [9.17, 15) is 8.78 Å². The Hall–Kier alpha value is -1.49. The largest absolute Gasteiger partial charge is 0.329 e. The number of aromatic nitrogens is 2. The van der Waals surface area contributed by atoms with Gasteiger partial charge in [-0.2, -0.15) is 0 Å². The quantitative estimate of drug-likeness (QED) is 0.889. The van der Waals surface area contributed by atoms with Crippen LogP contribution in [0.5, 0.6) is 0 Å². The Morgan fingerprint density at radius 3 is 2.65 bits per heavy atom. The fourth-order valence-electron chi connectivity index (χ4n) is 1.96. The Bertz CT molecular complexity index is 534. The van der Waals surface area contributed by atoms with Crippen LogP contribution in [-0.2, 0) is 13.0 Å². The number of hydrogen-bond acceptors (Lipinski definition) is 2. The van der Waals surface area contributed by atoms with E-state index < -0.39 is 11.6 Å². The number of fused-ring (bicyclic) bond motifs is 1. The summed E-state index contributed by atoms with van der Waals surface area (Å²) in [6, 6.07) is 2.32. The molecule has 2 N–H and O–H groups in total. The lowest BCUT2D eigenvalue weighted by Gasteiger charge is -2.06. The van der Waals surface area contributed by atoms with Crippen LogP contribution in [-0.4, -0.2) is 16.1 Å². The number of nitrogens with zero attached hydrogens (tertiary/aromatic N) is 2. The van der Waals surface area contributed by atoms with Crippen LogP contribution in [0.1, 0.15) is 19.2 Å². The van der Waals surface area contributed by atoms with Crippen molar-refractivity contribution in [3.8, 4) is 0 Å². The highest BCUT2D eigenvalue weighted by Crippen LogP contribution is 2.20. The summed E-state index contributed by atoms with van der Waals surface area (Å²) >= 11 is 0. The van der Waals surface area contributed by atoms with E-state index in [2.05, 4.69) is 4.98 Å². The molecule has 0 atom stereocenters. The number of hydrogen-bond donors (Lipinski definition) is 1. The summed E-state index contributed by atoms with van der Waals surface area (Å²) in [6.45, 7) is 3.05. The standard InChI is InChI=1S/C12H15F2N3/c1-2-3-12-16-10-6-8(13)9(14)7-11(10)17(12)5-4-15/h6-7H,2-5,15H2,1H3. The lowest BCUT2D eigenvalue weighted by molar-refractivity contribution is 0.510. The molecular weight excluding hydrogens is 224 g/mol. The third kappa shape index (κ3) is 2.15. The zero-order valence-electron chi connectivity index (χ0n) is 9.71. The van der Waals surface area contributed by atoms with Crippen molar-refractivity contribution in [1.29, 1.82) is 0 Å². The first-order valence-corrected chi connectivity index (χ1v) is 5.71. The molecule has 5 heteroatoms. The van der Waals surface area contributed by atoms with Gasteiger partial charge in [0.1, 0.15) is 5.82 Å². The van der Waals surface area contributed by atoms with E-state index in [1.54, 1.807) is 0 Å². The first-order chi connectivity index (χ1) is 8.17. The fourth-order valence-corrected chi connectivity index (χ4v) is 1.96. The smallest absolute Gasteiger partial charge is 0.161 e. The van der Waals surface area contributed by atoms with Crippen molar-refractivity contribution in [2.24, 2.45) is 5.73 Å². The number of imidazole rings is 1. The zero-order valence-corrected chi connectivity index (χ0v) is 9.71. The van der Waals surface area contributed by atoms with Gasteiger partial charge in [-0.1, -0.05) is 6.92 Å². The monoisotopic (exact) mass is 239 g/mol. The van der Waals surface area contributed by atoms with Crippen molar-refractivity contribution in [3.05, 3.63) is 29.6 Å². The molecule has 0 unspecified atom stereocenters. The summed E-state index contributed by atoms with van der Waals surface area (Å²) in [6.07, 6.45) is 1.71. The lowest BCUT2D eigenvalue weighted by atomic mass is 10.3. The van der Waals surface area contributed by atoms with Gasteiger partial charge in [0.05, 0.1) is 11.0 Å². The van der Waals surface area contributed by atoms with E-state index in [1.807, 2.05) is 11.5 Å². The first-order valence-electron chi connectivity index (χ1n) is 5.71. The van der Waals surface area contributed by atoms with E-state index in [4.69, 9.17) is 5.73 Å². The third-order valence-electron chi connectivity index (χ3n) is 2.70. The Morgan fingerprint density at radius 2 is 2.00 bits per heavy atom. The van der Waals surface area contributed by atoms with Crippen molar-refractivity contribution in [1.82, 2.24) is 9.55 Å². The van der Waals surface area contributed by atoms with Gasteiger partial charge in [-0.3, -0.25) is 0 Å². The number of rotatable bonds is 4. The van der Waals surface area contributed by atoms with Gasteiger partial charge in [-0.25, -0.2) is 13.8 Å². The van der Waals surface area contributed by atoms with Crippen LogP contribution in [0.4, 0.5) is 8.78 Å². The van der Waals surface area contributed by atoms with Crippen LogP contribution in [0.2, 0.25) is 0 Å². The first kappa shape index (κ1) is 12.0. The molecule has 2 aromatic rings. The molecule has 1 aromatic heterocycles. The van der Waals surface area contributed by atoms with Crippen LogP contribution in [0, 0.1) is 11.6 Å². The second kappa shape index (κ2) is 4.79. The van der Waals surface area contributed by atoms with Crippen molar-refractivity contribution in [2.75, 3.05) is 6.54 Å². The van der Waals surface area contributed by atoms with E-state index in [0.717, 1.165) is 24.7 Å². The summed E-state index contributed by atoms with van der Waals surface area (Å²) in [5.74, 6) is -0.880. The predicted molar refractivity (Wildman–Crippen MR) is 62.7 cm³/mol. The van der Waals surface area contributed by atoms with Gasteiger partial charge in [0.25, 0.3) is 0 Å². The van der Waals surface area contributed by atoms with Crippen molar-refractivity contribution >= 4 is 11.0 Å². The molecule has 0 saturated heterocycles. The molecule has 0 aliphatic carbocycles. The van der Waals surface area contributed by atoms with Crippen molar-refractivity contribution < 1.29 is 8.78 Å². The summed E-state index contributed by atoms with van der Waals surface area (Å²) in [5, 5.41) is 0. The molecule has 0 spiro atoms. The number of benzene rings is 1. The van der Waals surface area contributed by atoms with Gasteiger partial charge in [0, 0.05) is 31.6 Å².